The van der Waals surface area contributed by atoms with E-state index in [0.717, 1.165) is 32.6 Å². The third-order valence-corrected chi connectivity index (χ3v) is 4.90. The van der Waals surface area contributed by atoms with E-state index in [2.05, 4.69) is 17.1 Å². The second-order valence-electron chi connectivity index (χ2n) is 6.22. The van der Waals surface area contributed by atoms with Crippen molar-refractivity contribution in [1.82, 2.24) is 10.2 Å². The smallest absolute Gasteiger partial charge is 0.170 e. The first-order chi connectivity index (χ1) is 9.33. The minimum atomic E-state index is -0.252. The molecule has 0 aromatic heterocycles. The van der Waals surface area contributed by atoms with Crippen LogP contribution in [-0.4, -0.2) is 55.6 Å². The quantitative estimate of drug-likeness (QED) is 0.842. The van der Waals surface area contributed by atoms with Crippen molar-refractivity contribution >= 4 is 0 Å². The Morgan fingerprint density at radius 3 is 2.63 bits per heavy atom. The number of hydrogen-bond acceptors (Lipinski definition) is 4. The Hall–Kier alpha value is -0.160. The van der Waals surface area contributed by atoms with Gasteiger partial charge in [0, 0.05) is 24.9 Å². The van der Waals surface area contributed by atoms with E-state index in [0.29, 0.717) is 12.1 Å². The van der Waals surface area contributed by atoms with Crippen LogP contribution >= 0.6 is 0 Å². The molecule has 2 atom stereocenters. The van der Waals surface area contributed by atoms with Gasteiger partial charge in [0.1, 0.15) is 0 Å². The molecule has 3 aliphatic rings. The fourth-order valence-electron chi connectivity index (χ4n) is 3.91. The molecule has 1 spiro atoms. The van der Waals surface area contributed by atoms with Crippen molar-refractivity contribution < 1.29 is 9.47 Å². The Labute approximate surface area is 116 Å². The highest BCUT2D eigenvalue weighted by Gasteiger charge is 2.46. The van der Waals surface area contributed by atoms with Crippen LogP contribution in [0.3, 0.4) is 0 Å². The van der Waals surface area contributed by atoms with Crippen LogP contribution in [-0.2, 0) is 9.47 Å². The first-order valence-corrected chi connectivity index (χ1v) is 8.08. The molecule has 0 bridgehead atoms. The second-order valence-corrected chi connectivity index (χ2v) is 6.22. The topological polar surface area (TPSA) is 33.7 Å². The van der Waals surface area contributed by atoms with Crippen LogP contribution in [0, 0.1) is 0 Å². The lowest BCUT2D eigenvalue weighted by atomic mass is 9.84. The van der Waals surface area contributed by atoms with Gasteiger partial charge in [0.15, 0.2) is 5.79 Å². The molecule has 19 heavy (non-hydrogen) atoms. The predicted octanol–water partition coefficient (Wildman–Crippen LogP) is 1.75. The molecule has 1 aliphatic carbocycles. The summed E-state index contributed by atoms with van der Waals surface area (Å²) < 4.78 is 11.9. The van der Waals surface area contributed by atoms with Gasteiger partial charge in [-0.1, -0.05) is 6.92 Å². The first kappa shape index (κ1) is 13.8. The maximum atomic E-state index is 5.95. The molecule has 4 nitrogen and oxygen atoms in total. The van der Waals surface area contributed by atoms with Crippen molar-refractivity contribution in [3.63, 3.8) is 0 Å². The van der Waals surface area contributed by atoms with Crippen molar-refractivity contribution in [3.8, 4) is 0 Å². The van der Waals surface area contributed by atoms with Gasteiger partial charge in [-0.2, -0.15) is 0 Å². The van der Waals surface area contributed by atoms with Crippen molar-refractivity contribution in [2.45, 2.75) is 63.3 Å². The summed E-state index contributed by atoms with van der Waals surface area (Å²) in [5.41, 5.74) is 0. The largest absolute Gasteiger partial charge is 0.347 e. The highest BCUT2D eigenvalue weighted by Crippen LogP contribution is 2.38. The van der Waals surface area contributed by atoms with E-state index in [1.165, 1.54) is 38.8 Å². The SMILES string of the molecule is CCCNC1CCC2(CC1N1CCCC1)OCCO2. The summed E-state index contributed by atoms with van der Waals surface area (Å²) in [6, 6.07) is 1.22. The Morgan fingerprint density at radius 1 is 1.21 bits per heavy atom. The summed E-state index contributed by atoms with van der Waals surface area (Å²) >= 11 is 0. The molecular weight excluding hydrogens is 240 g/mol. The van der Waals surface area contributed by atoms with Crippen LogP contribution in [0.25, 0.3) is 0 Å². The molecule has 4 heteroatoms. The van der Waals surface area contributed by atoms with Gasteiger partial charge < -0.3 is 14.8 Å². The number of nitrogens with zero attached hydrogens (tertiary/aromatic N) is 1. The van der Waals surface area contributed by atoms with Crippen LogP contribution < -0.4 is 5.32 Å². The van der Waals surface area contributed by atoms with Gasteiger partial charge in [-0.15, -0.1) is 0 Å². The van der Waals surface area contributed by atoms with E-state index in [-0.39, 0.29) is 5.79 Å². The summed E-state index contributed by atoms with van der Waals surface area (Å²) in [6.07, 6.45) is 7.20. The molecule has 2 unspecified atom stereocenters. The van der Waals surface area contributed by atoms with Crippen molar-refractivity contribution in [1.29, 1.82) is 0 Å². The summed E-state index contributed by atoms with van der Waals surface area (Å²) in [5, 5.41) is 3.75. The molecule has 3 fully saturated rings. The van der Waals surface area contributed by atoms with E-state index in [1.807, 2.05) is 0 Å². The van der Waals surface area contributed by atoms with Crippen molar-refractivity contribution in [3.05, 3.63) is 0 Å². The molecule has 0 amide bonds. The molecule has 0 aromatic rings. The van der Waals surface area contributed by atoms with Gasteiger partial charge in [0.05, 0.1) is 13.2 Å². The number of hydrogen-bond donors (Lipinski definition) is 1. The highest BCUT2D eigenvalue weighted by molar-refractivity contribution is 4.97. The van der Waals surface area contributed by atoms with Crippen LogP contribution in [0.5, 0.6) is 0 Å². The summed E-state index contributed by atoms with van der Waals surface area (Å²) in [7, 11) is 0. The minimum absolute atomic E-state index is 0.252. The third-order valence-electron chi connectivity index (χ3n) is 4.90. The van der Waals surface area contributed by atoms with Gasteiger partial charge in [-0.3, -0.25) is 4.90 Å². The molecule has 1 saturated carbocycles. The van der Waals surface area contributed by atoms with Crippen LogP contribution in [0.4, 0.5) is 0 Å². The Bertz CT molecular complexity index is 286. The zero-order valence-corrected chi connectivity index (χ0v) is 12.2. The van der Waals surface area contributed by atoms with E-state index < -0.39 is 0 Å². The highest BCUT2D eigenvalue weighted by atomic mass is 16.7. The maximum absolute atomic E-state index is 5.95. The fraction of sp³-hybridized carbons (Fsp3) is 1.00. The molecule has 1 N–H and O–H groups in total. The zero-order chi connectivity index (χ0) is 13.1. The maximum Gasteiger partial charge on any atom is 0.170 e. The van der Waals surface area contributed by atoms with Crippen LogP contribution in [0.1, 0.15) is 45.4 Å². The van der Waals surface area contributed by atoms with E-state index >= 15 is 0 Å². The van der Waals surface area contributed by atoms with Crippen LogP contribution in [0.15, 0.2) is 0 Å². The average molecular weight is 268 g/mol. The lowest BCUT2D eigenvalue weighted by Gasteiger charge is -2.45. The molecular formula is C15H28N2O2. The Balaban J connectivity index is 1.67. The number of likely N-dealkylation sites (tertiary alicyclic amines) is 1. The second kappa shape index (κ2) is 6.08. The lowest BCUT2D eigenvalue weighted by Crippen LogP contribution is -2.57. The lowest BCUT2D eigenvalue weighted by molar-refractivity contribution is -0.192. The van der Waals surface area contributed by atoms with Crippen molar-refractivity contribution in [2.24, 2.45) is 0 Å². The number of nitrogens with one attached hydrogen (secondary N) is 1. The monoisotopic (exact) mass is 268 g/mol. The standard InChI is InChI=1S/C15H28N2O2/c1-2-7-16-13-5-6-15(18-10-11-19-15)12-14(13)17-8-3-4-9-17/h13-14,16H,2-12H2,1H3. The first-order valence-electron chi connectivity index (χ1n) is 8.08. The van der Waals surface area contributed by atoms with Gasteiger partial charge in [-0.05, 0) is 45.3 Å². The summed E-state index contributed by atoms with van der Waals surface area (Å²) in [6.45, 7) is 7.44. The summed E-state index contributed by atoms with van der Waals surface area (Å²) in [5.74, 6) is -0.252. The molecule has 0 aromatic carbocycles. The summed E-state index contributed by atoms with van der Waals surface area (Å²) in [4.78, 5) is 2.67. The van der Waals surface area contributed by atoms with E-state index in [9.17, 15) is 0 Å². The van der Waals surface area contributed by atoms with E-state index in [1.54, 1.807) is 0 Å². The third kappa shape index (κ3) is 2.97. The van der Waals surface area contributed by atoms with Gasteiger partial charge >= 0.3 is 0 Å². The fourth-order valence-corrected chi connectivity index (χ4v) is 3.91. The predicted molar refractivity (Wildman–Crippen MR) is 75.2 cm³/mol. The molecule has 0 radical (unpaired) electrons. The van der Waals surface area contributed by atoms with Gasteiger partial charge in [0.25, 0.3) is 0 Å². The van der Waals surface area contributed by atoms with Crippen LogP contribution in [0.2, 0.25) is 0 Å². The molecule has 2 heterocycles. The Kier molecular flexibility index (Phi) is 4.42. The molecule has 2 aliphatic heterocycles. The van der Waals surface area contributed by atoms with Crippen molar-refractivity contribution in [2.75, 3.05) is 32.8 Å². The number of rotatable bonds is 4. The van der Waals surface area contributed by atoms with Gasteiger partial charge in [0.2, 0.25) is 0 Å². The molecule has 2 saturated heterocycles. The molecule has 3 rings (SSSR count). The molecule has 110 valence electrons. The number of ether oxygens (including phenoxy) is 2. The minimum Gasteiger partial charge on any atom is -0.347 e. The van der Waals surface area contributed by atoms with E-state index in [4.69, 9.17) is 9.47 Å². The van der Waals surface area contributed by atoms with Gasteiger partial charge in [-0.25, -0.2) is 0 Å². The normalized spacial score (nSPS) is 35.2. The average Bonchev–Trinajstić information content (AvgIpc) is 3.09. The Morgan fingerprint density at radius 2 is 1.95 bits per heavy atom. The zero-order valence-electron chi connectivity index (χ0n) is 12.2.